The summed E-state index contributed by atoms with van der Waals surface area (Å²) < 4.78 is 26.1. The van der Waals surface area contributed by atoms with Gasteiger partial charge in [0.15, 0.2) is 0 Å². The zero-order valence-electron chi connectivity index (χ0n) is 12.2. The van der Waals surface area contributed by atoms with E-state index in [-0.39, 0.29) is 0 Å². The molecule has 0 fully saturated rings. The lowest BCUT2D eigenvalue weighted by Crippen LogP contribution is -1.87. The van der Waals surface area contributed by atoms with Gasteiger partial charge in [0.1, 0.15) is 11.6 Å². The van der Waals surface area contributed by atoms with Gasteiger partial charge in [-0.25, -0.2) is 8.78 Å². The van der Waals surface area contributed by atoms with Crippen molar-refractivity contribution in [2.75, 3.05) is 0 Å². The van der Waals surface area contributed by atoms with E-state index in [0.717, 1.165) is 0 Å². The number of hydrogen-bond donors (Lipinski definition) is 0. The van der Waals surface area contributed by atoms with Gasteiger partial charge in [-0.3, -0.25) is 0 Å². The Balaban J connectivity index is 0.000000829. The number of nitriles is 1. The number of nitrogens with zero attached hydrogens (tertiary/aromatic N) is 1. The lowest BCUT2D eigenvalue weighted by Gasteiger charge is -2.04. The standard InChI is InChI=1S/C13H7F2N.2C2H6/c14-11-3-1-2-9(6-11)13-7-12(15)5-4-10(13)8-16;2*1-2/h1-7H;2*1-2H3. The predicted molar refractivity (Wildman–Crippen MR) is 79.2 cm³/mol. The summed E-state index contributed by atoms with van der Waals surface area (Å²) in [6.07, 6.45) is 0. The van der Waals surface area contributed by atoms with Crippen LogP contribution in [-0.4, -0.2) is 0 Å². The Morgan fingerprint density at radius 2 is 1.45 bits per heavy atom. The van der Waals surface area contributed by atoms with Gasteiger partial charge >= 0.3 is 0 Å². The first-order valence-corrected chi connectivity index (χ1v) is 6.66. The highest BCUT2D eigenvalue weighted by atomic mass is 19.1. The Bertz CT molecular complexity index is 571. The topological polar surface area (TPSA) is 23.8 Å². The van der Waals surface area contributed by atoms with Gasteiger partial charge in [-0.05, 0) is 35.9 Å². The van der Waals surface area contributed by atoms with Gasteiger partial charge in [-0.1, -0.05) is 39.8 Å². The first kappa shape index (κ1) is 17.8. The van der Waals surface area contributed by atoms with Crippen molar-refractivity contribution in [3.05, 3.63) is 59.7 Å². The van der Waals surface area contributed by atoms with Gasteiger partial charge in [-0.2, -0.15) is 5.26 Å². The van der Waals surface area contributed by atoms with Crippen LogP contribution in [0.3, 0.4) is 0 Å². The molecule has 0 saturated heterocycles. The van der Waals surface area contributed by atoms with E-state index in [2.05, 4.69) is 0 Å². The molecule has 0 aromatic heterocycles. The van der Waals surface area contributed by atoms with Gasteiger partial charge < -0.3 is 0 Å². The highest BCUT2D eigenvalue weighted by molar-refractivity contribution is 5.70. The summed E-state index contributed by atoms with van der Waals surface area (Å²) in [6, 6.07) is 11.5. The van der Waals surface area contributed by atoms with E-state index in [9.17, 15) is 8.78 Å². The first-order chi connectivity index (χ1) is 9.70. The third-order valence-corrected chi connectivity index (χ3v) is 2.24. The van der Waals surface area contributed by atoms with Crippen LogP contribution in [0.1, 0.15) is 33.3 Å². The molecule has 2 aromatic rings. The monoisotopic (exact) mass is 275 g/mol. The zero-order valence-corrected chi connectivity index (χ0v) is 12.2. The van der Waals surface area contributed by atoms with E-state index >= 15 is 0 Å². The Hall–Kier alpha value is -2.21. The van der Waals surface area contributed by atoms with Crippen molar-refractivity contribution in [1.82, 2.24) is 0 Å². The van der Waals surface area contributed by atoms with E-state index in [1.807, 2.05) is 33.8 Å². The van der Waals surface area contributed by atoms with Crippen molar-refractivity contribution in [2.24, 2.45) is 0 Å². The van der Waals surface area contributed by atoms with Crippen LogP contribution in [0, 0.1) is 23.0 Å². The SMILES string of the molecule is CC.CC.N#Cc1ccc(F)cc1-c1cccc(F)c1. The molecule has 0 unspecified atom stereocenters. The summed E-state index contributed by atoms with van der Waals surface area (Å²) in [5, 5.41) is 8.87. The maximum atomic E-state index is 13.1. The van der Waals surface area contributed by atoms with Gasteiger partial charge in [0.2, 0.25) is 0 Å². The van der Waals surface area contributed by atoms with Crippen molar-refractivity contribution in [3.8, 4) is 17.2 Å². The van der Waals surface area contributed by atoms with Crippen molar-refractivity contribution in [2.45, 2.75) is 27.7 Å². The molecule has 0 bridgehead atoms. The minimum absolute atomic E-state index is 0.326. The van der Waals surface area contributed by atoms with Crippen LogP contribution in [0.4, 0.5) is 8.78 Å². The van der Waals surface area contributed by atoms with E-state index in [0.29, 0.717) is 16.7 Å². The van der Waals surface area contributed by atoms with E-state index in [1.165, 1.54) is 36.4 Å². The van der Waals surface area contributed by atoms with Crippen LogP contribution in [0.25, 0.3) is 11.1 Å². The van der Waals surface area contributed by atoms with Crippen LogP contribution in [-0.2, 0) is 0 Å². The predicted octanol–water partition coefficient (Wildman–Crippen LogP) is 5.56. The van der Waals surface area contributed by atoms with Gasteiger partial charge in [0, 0.05) is 5.56 Å². The Kier molecular flexibility index (Phi) is 8.61. The average Bonchev–Trinajstić information content (AvgIpc) is 2.51. The molecule has 0 aliphatic heterocycles. The van der Waals surface area contributed by atoms with Crippen LogP contribution < -0.4 is 0 Å². The zero-order chi connectivity index (χ0) is 15.5. The number of benzene rings is 2. The molecular weight excluding hydrogens is 256 g/mol. The molecular formula is C17H19F2N. The fourth-order valence-corrected chi connectivity index (χ4v) is 1.51. The molecule has 1 nitrogen and oxygen atoms in total. The highest BCUT2D eigenvalue weighted by Crippen LogP contribution is 2.24. The fourth-order valence-electron chi connectivity index (χ4n) is 1.51. The largest absolute Gasteiger partial charge is 0.207 e. The van der Waals surface area contributed by atoms with Crippen LogP contribution in [0.5, 0.6) is 0 Å². The molecule has 2 rings (SSSR count). The van der Waals surface area contributed by atoms with Crippen LogP contribution >= 0.6 is 0 Å². The van der Waals surface area contributed by atoms with Gasteiger partial charge in [0.05, 0.1) is 11.6 Å². The van der Waals surface area contributed by atoms with E-state index in [1.54, 1.807) is 6.07 Å². The summed E-state index contributed by atoms with van der Waals surface area (Å²) in [7, 11) is 0. The summed E-state index contributed by atoms with van der Waals surface area (Å²) in [5.74, 6) is -0.857. The third-order valence-electron chi connectivity index (χ3n) is 2.24. The molecule has 0 spiro atoms. The second-order valence-corrected chi connectivity index (χ2v) is 3.31. The second-order valence-electron chi connectivity index (χ2n) is 3.31. The summed E-state index contributed by atoms with van der Waals surface area (Å²) >= 11 is 0. The molecule has 0 aliphatic carbocycles. The Morgan fingerprint density at radius 1 is 0.850 bits per heavy atom. The van der Waals surface area contributed by atoms with Crippen molar-refractivity contribution < 1.29 is 8.78 Å². The molecule has 0 amide bonds. The van der Waals surface area contributed by atoms with Gasteiger partial charge in [-0.15, -0.1) is 0 Å². The average molecular weight is 275 g/mol. The number of hydrogen-bond acceptors (Lipinski definition) is 1. The molecule has 0 aliphatic rings. The van der Waals surface area contributed by atoms with Gasteiger partial charge in [0.25, 0.3) is 0 Å². The summed E-state index contributed by atoms with van der Waals surface area (Å²) in [6.45, 7) is 8.00. The highest BCUT2D eigenvalue weighted by Gasteiger charge is 2.06. The molecule has 0 saturated carbocycles. The quantitative estimate of drug-likeness (QED) is 0.668. The molecule has 0 radical (unpaired) electrons. The minimum atomic E-state index is -0.446. The van der Waals surface area contributed by atoms with Crippen LogP contribution in [0.15, 0.2) is 42.5 Å². The van der Waals surface area contributed by atoms with E-state index in [4.69, 9.17) is 5.26 Å². The summed E-state index contributed by atoms with van der Waals surface area (Å²) in [5.41, 5.74) is 1.23. The molecule has 20 heavy (non-hydrogen) atoms. The maximum Gasteiger partial charge on any atom is 0.123 e. The lowest BCUT2D eigenvalue weighted by molar-refractivity contribution is 0.626. The van der Waals surface area contributed by atoms with Crippen LogP contribution in [0.2, 0.25) is 0 Å². The Labute approximate surface area is 119 Å². The first-order valence-electron chi connectivity index (χ1n) is 6.66. The normalized spacial score (nSPS) is 8.45. The fraction of sp³-hybridized carbons (Fsp3) is 0.235. The molecule has 0 N–H and O–H groups in total. The minimum Gasteiger partial charge on any atom is -0.207 e. The Morgan fingerprint density at radius 3 is 2.00 bits per heavy atom. The summed E-state index contributed by atoms with van der Waals surface area (Å²) in [4.78, 5) is 0. The number of halogens is 2. The number of rotatable bonds is 1. The molecule has 2 aromatic carbocycles. The molecule has 3 heteroatoms. The smallest absolute Gasteiger partial charge is 0.123 e. The molecule has 0 heterocycles. The van der Waals surface area contributed by atoms with Crippen molar-refractivity contribution in [1.29, 1.82) is 5.26 Å². The lowest BCUT2D eigenvalue weighted by atomic mass is 10.0. The van der Waals surface area contributed by atoms with Crippen molar-refractivity contribution in [3.63, 3.8) is 0 Å². The molecule has 106 valence electrons. The molecule has 0 atom stereocenters. The second kappa shape index (κ2) is 9.69. The third kappa shape index (κ3) is 4.81. The van der Waals surface area contributed by atoms with E-state index < -0.39 is 11.6 Å². The maximum absolute atomic E-state index is 13.1. The van der Waals surface area contributed by atoms with Crippen molar-refractivity contribution >= 4 is 0 Å².